The minimum absolute atomic E-state index is 0.0143. The molecule has 1 aliphatic rings. The minimum Gasteiger partial charge on any atom is -0.467 e. The van der Waals surface area contributed by atoms with Crippen molar-refractivity contribution in [3.8, 4) is 5.69 Å². The topological polar surface area (TPSA) is 63.3 Å². The van der Waals surface area contributed by atoms with E-state index in [1.807, 2.05) is 23.0 Å². The number of carbonyl (C=O) groups is 1. The molecule has 3 heterocycles. The Balaban J connectivity index is 1.31. The second-order valence-electron chi connectivity index (χ2n) is 7.08. The summed E-state index contributed by atoms with van der Waals surface area (Å²) in [5, 5.41) is 7.39. The maximum absolute atomic E-state index is 12.1. The summed E-state index contributed by atoms with van der Waals surface area (Å²) in [5.74, 6) is 0.778. The van der Waals surface area contributed by atoms with Crippen LogP contribution in [0.25, 0.3) is 11.3 Å². The maximum atomic E-state index is 12.1. The van der Waals surface area contributed by atoms with Crippen LogP contribution in [0.5, 0.6) is 0 Å². The van der Waals surface area contributed by atoms with Gasteiger partial charge in [-0.3, -0.25) is 9.69 Å². The van der Waals surface area contributed by atoms with E-state index in [1.54, 1.807) is 6.26 Å². The van der Waals surface area contributed by atoms with Crippen LogP contribution in [0.3, 0.4) is 0 Å². The van der Waals surface area contributed by atoms with E-state index in [2.05, 4.69) is 58.8 Å². The predicted molar refractivity (Wildman–Crippen MR) is 108 cm³/mol. The molecule has 3 aromatic rings. The van der Waals surface area contributed by atoms with Gasteiger partial charge in [0, 0.05) is 24.8 Å². The molecule has 0 fully saturated rings. The number of hydrogen-bond acceptors (Lipinski definition) is 4. The lowest BCUT2D eigenvalue weighted by Gasteiger charge is -2.25. The molecular weight excluding hydrogens is 352 g/mol. The molecule has 28 heavy (non-hydrogen) atoms. The second-order valence-corrected chi connectivity index (χ2v) is 7.08. The maximum Gasteiger partial charge on any atom is 0.234 e. The number of carbonyl (C=O) groups excluding carboxylic acids is 1. The van der Waals surface area contributed by atoms with Gasteiger partial charge in [0.2, 0.25) is 5.91 Å². The summed E-state index contributed by atoms with van der Waals surface area (Å²) in [7, 11) is 0. The lowest BCUT2D eigenvalue weighted by molar-refractivity contribution is -0.122. The molecule has 0 unspecified atom stereocenters. The summed E-state index contributed by atoms with van der Waals surface area (Å²) < 4.78 is 7.14. The van der Waals surface area contributed by atoms with Crippen molar-refractivity contribution in [2.45, 2.75) is 19.9 Å². The molecule has 4 rings (SSSR count). The summed E-state index contributed by atoms with van der Waals surface area (Å²) in [6.07, 6.45) is 8.70. The van der Waals surface area contributed by atoms with Crippen molar-refractivity contribution in [3.05, 3.63) is 78.0 Å². The normalized spacial score (nSPS) is 14.7. The summed E-state index contributed by atoms with van der Waals surface area (Å²) >= 11 is 0. The summed E-state index contributed by atoms with van der Waals surface area (Å²) in [6, 6.07) is 12.0. The van der Waals surface area contributed by atoms with E-state index in [-0.39, 0.29) is 5.91 Å². The lowest BCUT2D eigenvalue weighted by atomic mass is 10.0. The lowest BCUT2D eigenvalue weighted by Crippen LogP contribution is -2.38. The molecule has 0 atom stereocenters. The molecular formula is C22H24N4O2. The van der Waals surface area contributed by atoms with Crippen molar-refractivity contribution in [2.24, 2.45) is 0 Å². The fourth-order valence-corrected chi connectivity index (χ4v) is 3.30. The van der Waals surface area contributed by atoms with E-state index in [4.69, 9.17) is 4.42 Å². The van der Waals surface area contributed by atoms with E-state index >= 15 is 0 Å². The van der Waals surface area contributed by atoms with Gasteiger partial charge in [-0.15, -0.1) is 0 Å². The molecule has 6 nitrogen and oxygen atoms in total. The van der Waals surface area contributed by atoms with Crippen molar-refractivity contribution in [1.82, 2.24) is 20.0 Å². The first-order valence-electron chi connectivity index (χ1n) is 9.50. The first-order valence-corrected chi connectivity index (χ1v) is 9.50. The third kappa shape index (κ3) is 4.40. The summed E-state index contributed by atoms with van der Waals surface area (Å²) in [5.41, 5.74) is 4.72. The Morgan fingerprint density at radius 1 is 1.25 bits per heavy atom. The van der Waals surface area contributed by atoms with Crippen LogP contribution in [0.4, 0.5) is 0 Å². The number of hydrogen-bond donors (Lipinski definition) is 1. The number of aromatic nitrogens is 2. The van der Waals surface area contributed by atoms with Crippen molar-refractivity contribution in [2.75, 3.05) is 19.6 Å². The van der Waals surface area contributed by atoms with Gasteiger partial charge in [0.05, 0.1) is 31.2 Å². The number of nitrogens with zero attached hydrogens (tertiary/aromatic N) is 3. The average molecular weight is 376 g/mol. The number of aryl methyl sites for hydroxylation is 1. The van der Waals surface area contributed by atoms with Crippen LogP contribution >= 0.6 is 0 Å². The zero-order valence-electron chi connectivity index (χ0n) is 16.0. The van der Waals surface area contributed by atoms with Crippen LogP contribution in [-0.2, 0) is 11.3 Å². The Bertz CT molecular complexity index is 955. The van der Waals surface area contributed by atoms with Gasteiger partial charge in [-0.25, -0.2) is 4.68 Å². The van der Waals surface area contributed by atoms with Crippen LogP contribution in [0, 0.1) is 6.92 Å². The molecule has 0 spiro atoms. The molecule has 0 aliphatic carbocycles. The fourth-order valence-electron chi connectivity index (χ4n) is 3.30. The molecule has 1 aliphatic heterocycles. The van der Waals surface area contributed by atoms with Crippen LogP contribution in [-0.4, -0.2) is 40.2 Å². The van der Waals surface area contributed by atoms with Gasteiger partial charge in [-0.1, -0.05) is 23.8 Å². The smallest absolute Gasteiger partial charge is 0.234 e. The van der Waals surface area contributed by atoms with Gasteiger partial charge in [0.1, 0.15) is 5.76 Å². The van der Waals surface area contributed by atoms with Gasteiger partial charge in [0.15, 0.2) is 0 Å². The van der Waals surface area contributed by atoms with Crippen molar-refractivity contribution < 1.29 is 9.21 Å². The van der Waals surface area contributed by atoms with E-state index in [0.29, 0.717) is 13.1 Å². The Hall–Kier alpha value is -3.12. The molecule has 6 heteroatoms. The first kappa shape index (κ1) is 18.3. The Kier molecular flexibility index (Phi) is 5.39. The first-order chi connectivity index (χ1) is 13.7. The van der Waals surface area contributed by atoms with E-state index in [9.17, 15) is 4.79 Å². The summed E-state index contributed by atoms with van der Waals surface area (Å²) in [6.45, 7) is 4.52. The third-order valence-corrected chi connectivity index (χ3v) is 4.95. The Labute approximate surface area is 164 Å². The molecule has 1 aromatic carbocycles. The fraction of sp³-hybridized carbons (Fsp3) is 0.273. The van der Waals surface area contributed by atoms with E-state index in [1.165, 1.54) is 11.1 Å². The number of amides is 1. The van der Waals surface area contributed by atoms with Gasteiger partial charge < -0.3 is 9.73 Å². The third-order valence-electron chi connectivity index (χ3n) is 4.95. The predicted octanol–water partition coefficient (Wildman–Crippen LogP) is 3.18. The second kappa shape index (κ2) is 8.27. The van der Waals surface area contributed by atoms with Gasteiger partial charge in [-0.05, 0) is 43.2 Å². The zero-order valence-corrected chi connectivity index (χ0v) is 16.0. The highest BCUT2D eigenvalue weighted by atomic mass is 16.3. The molecule has 144 valence electrons. The van der Waals surface area contributed by atoms with Crippen molar-refractivity contribution in [1.29, 1.82) is 0 Å². The quantitative estimate of drug-likeness (QED) is 0.718. The van der Waals surface area contributed by atoms with E-state index in [0.717, 1.165) is 36.5 Å². The standard InChI is InChI=1S/C22H24N4O2/c1-17-4-6-20(7-5-17)26-15-19(13-24-26)18-8-10-25(11-9-18)16-22(27)23-14-21-3-2-12-28-21/h2-8,12-13,15H,9-11,14,16H2,1H3,(H,23,27). The van der Waals surface area contributed by atoms with Gasteiger partial charge >= 0.3 is 0 Å². The highest BCUT2D eigenvalue weighted by molar-refractivity contribution is 5.78. The zero-order chi connectivity index (χ0) is 19.3. The van der Waals surface area contributed by atoms with Crippen LogP contribution < -0.4 is 5.32 Å². The number of benzene rings is 1. The van der Waals surface area contributed by atoms with Crippen LogP contribution in [0.2, 0.25) is 0 Å². The van der Waals surface area contributed by atoms with Crippen LogP contribution in [0.1, 0.15) is 23.3 Å². The SMILES string of the molecule is Cc1ccc(-n2cc(C3=CCN(CC(=O)NCc4ccco4)CC3)cn2)cc1. The van der Waals surface area contributed by atoms with Crippen molar-refractivity contribution in [3.63, 3.8) is 0 Å². The van der Waals surface area contributed by atoms with Crippen LogP contribution in [0.15, 0.2) is 65.5 Å². The molecule has 0 bridgehead atoms. The summed E-state index contributed by atoms with van der Waals surface area (Å²) in [4.78, 5) is 14.3. The highest BCUT2D eigenvalue weighted by Gasteiger charge is 2.17. The van der Waals surface area contributed by atoms with Crippen molar-refractivity contribution >= 4 is 11.5 Å². The molecule has 1 amide bonds. The molecule has 0 saturated heterocycles. The minimum atomic E-state index is 0.0143. The molecule has 0 saturated carbocycles. The van der Waals surface area contributed by atoms with E-state index < -0.39 is 0 Å². The van der Waals surface area contributed by atoms with Gasteiger partial charge in [0.25, 0.3) is 0 Å². The average Bonchev–Trinajstić information content (AvgIpc) is 3.40. The molecule has 2 aromatic heterocycles. The van der Waals surface area contributed by atoms with Gasteiger partial charge in [-0.2, -0.15) is 5.10 Å². The number of furan rings is 1. The molecule has 0 radical (unpaired) electrons. The largest absolute Gasteiger partial charge is 0.467 e. The number of rotatable bonds is 6. The molecule has 1 N–H and O–H groups in total. The monoisotopic (exact) mass is 376 g/mol. The Morgan fingerprint density at radius 2 is 2.11 bits per heavy atom. The highest BCUT2D eigenvalue weighted by Crippen LogP contribution is 2.23. The number of nitrogens with one attached hydrogen (secondary N) is 1. The Morgan fingerprint density at radius 3 is 2.82 bits per heavy atom.